The van der Waals surface area contributed by atoms with Crippen molar-refractivity contribution in [3.05, 3.63) is 65.5 Å². The monoisotopic (exact) mass is 345 g/mol. The molecular weight excluding hydrogens is 330 g/mol. The fourth-order valence-electron chi connectivity index (χ4n) is 1.88. The number of rotatable bonds is 6. The van der Waals surface area contributed by atoms with Crippen LogP contribution in [0.15, 0.2) is 49.2 Å². The second-order valence-electron chi connectivity index (χ2n) is 4.74. The highest BCUT2D eigenvalue weighted by molar-refractivity contribution is 6.33. The second-order valence-corrected chi connectivity index (χ2v) is 5.15. The molecule has 1 aromatic heterocycles. The predicted molar refractivity (Wildman–Crippen MR) is 92.8 cm³/mol. The Hall–Kier alpha value is -2.86. The molecule has 0 aliphatic carbocycles. The number of nitrogens with zero attached hydrogens (tertiary/aromatic N) is 1. The second kappa shape index (κ2) is 8.12. The van der Waals surface area contributed by atoms with E-state index in [2.05, 4.69) is 26.9 Å². The topological polar surface area (TPSA) is 80.3 Å². The van der Waals surface area contributed by atoms with Crippen molar-refractivity contribution in [2.75, 3.05) is 19.0 Å². The molecule has 2 aromatic rings. The lowest BCUT2D eigenvalue weighted by Gasteiger charge is -2.10. The van der Waals surface area contributed by atoms with Gasteiger partial charge in [-0.25, -0.2) is 9.78 Å². The molecule has 2 rings (SSSR count). The number of amides is 1. The van der Waals surface area contributed by atoms with E-state index in [1.54, 1.807) is 36.4 Å². The molecule has 0 saturated carbocycles. The smallest absolute Gasteiger partial charge is 0.337 e. The average molecular weight is 346 g/mol. The third-order valence-electron chi connectivity index (χ3n) is 3.07. The van der Waals surface area contributed by atoms with E-state index >= 15 is 0 Å². The zero-order valence-electron chi connectivity index (χ0n) is 13.0. The highest BCUT2D eigenvalue weighted by atomic mass is 35.5. The maximum atomic E-state index is 11.8. The van der Waals surface area contributed by atoms with E-state index in [-0.39, 0.29) is 11.6 Å². The van der Waals surface area contributed by atoms with Crippen LogP contribution < -0.4 is 10.6 Å². The number of esters is 1. The number of aromatic nitrogens is 1. The molecule has 24 heavy (non-hydrogen) atoms. The highest BCUT2D eigenvalue weighted by Gasteiger charge is 2.10. The van der Waals surface area contributed by atoms with Crippen molar-refractivity contribution < 1.29 is 14.3 Å². The average Bonchev–Trinajstić information content (AvgIpc) is 2.61. The zero-order valence-corrected chi connectivity index (χ0v) is 13.8. The fraction of sp³-hybridized carbons (Fsp3) is 0.118. The summed E-state index contributed by atoms with van der Waals surface area (Å²) in [4.78, 5) is 27.4. The summed E-state index contributed by atoms with van der Waals surface area (Å²) < 4.78 is 4.68. The van der Waals surface area contributed by atoms with E-state index < -0.39 is 5.97 Å². The van der Waals surface area contributed by atoms with Crippen LogP contribution in [-0.2, 0) is 4.74 Å². The number of methoxy groups -OCH3 is 1. The minimum atomic E-state index is -0.456. The summed E-state index contributed by atoms with van der Waals surface area (Å²) in [6.45, 7) is 3.90. The van der Waals surface area contributed by atoms with Crippen LogP contribution in [0.4, 0.5) is 11.4 Å². The van der Waals surface area contributed by atoms with Gasteiger partial charge in [0.2, 0.25) is 0 Å². The van der Waals surface area contributed by atoms with Gasteiger partial charge < -0.3 is 15.4 Å². The van der Waals surface area contributed by atoms with Crippen LogP contribution >= 0.6 is 11.6 Å². The molecule has 6 nitrogen and oxygen atoms in total. The molecule has 0 aliphatic rings. The number of nitrogens with one attached hydrogen (secondary N) is 2. The first-order chi connectivity index (χ1) is 11.5. The molecule has 1 aromatic carbocycles. The van der Waals surface area contributed by atoms with Crippen molar-refractivity contribution in [1.29, 1.82) is 0 Å². The molecule has 0 bridgehead atoms. The molecule has 0 spiro atoms. The normalized spacial score (nSPS) is 9.92. The molecule has 0 aliphatic heterocycles. The number of carbonyl (C=O) groups is 2. The van der Waals surface area contributed by atoms with Gasteiger partial charge in [-0.1, -0.05) is 17.7 Å². The zero-order chi connectivity index (χ0) is 17.5. The quantitative estimate of drug-likeness (QED) is 0.621. The third kappa shape index (κ3) is 4.33. The fourth-order valence-corrected chi connectivity index (χ4v) is 2.04. The number of benzene rings is 1. The minimum Gasteiger partial charge on any atom is -0.465 e. The lowest BCUT2D eigenvalue weighted by molar-refractivity contribution is 0.0600. The van der Waals surface area contributed by atoms with E-state index in [0.717, 1.165) is 0 Å². The van der Waals surface area contributed by atoms with Gasteiger partial charge in [-0.05, 0) is 30.3 Å². The van der Waals surface area contributed by atoms with E-state index in [1.807, 2.05) is 0 Å². The number of hydrogen-bond donors (Lipinski definition) is 2. The molecule has 0 saturated heterocycles. The molecule has 124 valence electrons. The summed E-state index contributed by atoms with van der Waals surface area (Å²) in [5.74, 6) is -0.741. The van der Waals surface area contributed by atoms with E-state index in [9.17, 15) is 9.59 Å². The van der Waals surface area contributed by atoms with Gasteiger partial charge in [0.25, 0.3) is 5.91 Å². The Morgan fingerprint density at radius 1 is 1.33 bits per heavy atom. The van der Waals surface area contributed by atoms with Gasteiger partial charge in [-0.2, -0.15) is 0 Å². The Morgan fingerprint density at radius 3 is 2.75 bits per heavy atom. The number of ether oxygens (including phenoxy) is 1. The molecule has 2 N–H and O–H groups in total. The Morgan fingerprint density at radius 2 is 2.12 bits per heavy atom. The van der Waals surface area contributed by atoms with Gasteiger partial charge in [0, 0.05) is 6.54 Å². The molecular formula is C17H16ClN3O3. The Balaban J connectivity index is 2.15. The number of anilines is 2. The maximum absolute atomic E-state index is 11.8. The summed E-state index contributed by atoms with van der Waals surface area (Å²) in [5, 5.41) is 6.13. The van der Waals surface area contributed by atoms with Crippen molar-refractivity contribution in [2.45, 2.75) is 0 Å². The van der Waals surface area contributed by atoms with Crippen molar-refractivity contribution in [1.82, 2.24) is 10.3 Å². The van der Waals surface area contributed by atoms with E-state index in [1.165, 1.54) is 13.3 Å². The lowest BCUT2D eigenvalue weighted by Crippen LogP contribution is -2.24. The summed E-state index contributed by atoms with van der Waals surface area (Å²) in [7, 11) is 1.31. The van der Waals surface area contributed by atoms with Crippen LogP contribution in [0.5, 0.6) is 0 Å². The number of carbonyl (C=O) groups excluding carboxylic acids is 2. The number of hydrogen-bond acceptors (Lipinski definition) is 5. The summed E-state index contributed by atoms with van der Waals surface area (Å²) in [6.07, 6.45) is 3.09. The SMILES string of the molecule is C=CCNC(=O)c1ccc(Nc2cc(C(=O)OC)ccc2Cl)cn1. The van der Waals surface area contributed by atoms with E-state index in [0.29, 0.717) is 28.5 Å². The summed E-state index contributed by atoms with van der Waals surface area (Å²) in [5.41, 5.74) is 1.82. The van der Waals surface area contributed by atoms with Gasteiger partial charge in [0.05, 0.1) is 35.3 Å². The standard InChI is InChI=1S/C17H16ClN3O3/c1-3-8-19-16(22)14-7-5-12(10-20-14)21-15-9-11(17(23)24-2)4-6-13(15)18/h3-7,9-10,21H,1,8H2,2H3,(H,19,22). The molecule has 0 unspecified atom stereocenters. The van der Waals surface area contributed by atoms with Crippen molar-refractivity contribution in [3.8, 4) is 0 Å². The molecule has 0 radical (unpaired) electrons. The van der Waals surface area contributed by atoms with Crippen LogP contribution in [0.1, 0.15) is 20.8 Å². The third-order valence-corrected chi connectivity index (χ3v) is 3.40. The predicted octanol–water partition coefficient (Wildman–Crippen LogP) is 3.18. The van der Waals surface area contributed by atoms with Gasteiger partial charge in [-0.3, -0.25) is 4.79 Å². The summed E-state index contributed by atoms with van der Waals surface area (Å²) >= 11 is 6.12. The van der Waals surface area contributed by atoms with Crippen LogP contribution in [0.25, 0.3) is 0 Å². The van der Waals surface area contributed by atoms with Crippen LogP contribution in [0.3, 0.4) is 0 Å². The molecule has 1 heterocycles. The Kier molecular flexibility index (Phi) is 5.92. The molecule has 7 heteroatoms. The van der Waals surface area contributed by atoms with E-state index in [4.69, 9.17) is 11.6 Å². The first-order valence-corrected chi connectivity index (χ1v) is 7.43. The van der Waals surface area contributed by atoms with Gasteiger partial charge in [0.1, 0.15) is 5.69 Å². The highest BCUT2D eigenvalue weighted by Crippen LogP contribution is 2.26. The lowest BCUT2D eigenvalue weighted by atomic mass is 10.2. The summed E-state index contributed by atoms with van der Waals surface area (Å²) in [6, 6.07) is 8.03. The Labute approximate surface area is 144 Å². The maximum Gasteiger partial charge on any atom is 0.337 e. The van der Waals surface area contributed by atoms with Crippen LogP contribution in [0.2, 0.25) is 5.02 Å². The molecule has 1 amide bonds. The Bertz CT molecular complexity index is 760. The van der Waals surface area contributed by atoms with Crippen molar-refractivity contribution in [2.24, 2.45) is 0 Å². The number of pyridine rings is 1. The van der Waals surface area contributed by atoms with Crippen molar-refractivity contribution in [3.63, 3.8) is 0 Å². The first-order valence-electron chi connectivity index (χ1n) is 7.05. The minimum absolute atomic E-state index is 0.285. The van der Waals surface area contributed by atoms with Gasteiger partial charge >= 0.3 is 5.97 Å². The van der Waals surface area contributed by atoms with Gasteiger partial charge in [0.15, 0.2) is 0 Å². The van der Waals surface area contributed by atoms with Crippen LogP contribution in [0, 0.1) is 0 Å². The first kappa shape index (κ1) is 17.5. The largest absolute Gasteiger partial charge is 0.465 e. The molecule has 0 fully saturated rings. The van der Waals surface area contributed by atoms with Crippen molar-refractivity contribution >= 4 is 34.9 Å². The number of halogens is 1. The van der Waals surface area contributed by atoms with Crippen LogP contribution in [-0.4, -0.2) is 30.5 Å². The van der Waals surface area contributed by atoms with Gasteiger partial charge in [-0.15, -0.1) is 6.58 Å². The molecule has 0 atom stereocenters.